The van der Waals surface area contributed by atoms with Gasteiger partial charge in [0.15, 0.2) is 0 Å². The van der Waals surface area contributed by atoms with Crippen LogP contribution < -0.4 is 5.32 Å². The normalized spacial score (nSPS) is 10.8. The number of carbonyl (C=O) groups excluding carboxylic acids is 1. The molecule has 0 unspecified atom stereocenters. The lowest BCUT2D eigenvalue weighted by Gasteiger charge is -2.06. The van der Waals surface area contributed by atoms with Gasteiger partial charge < -0.3 is 5.32 Å². The molecule has 0 aliphatic carbocycles. The van der Waals surface area contributed by atoms with Crippen molar-refractivity contribution in [2.75, 3.05) is 16.8 Å². The number of anilines is 1. The number of benzene rings is 2. The fourth-order valence-corrected chi connectivity index (χ4v) is 2.48. The van der Waals surface area contributed by atoms with Crippen LogP contribution in [0.15, 0.2) is 54.6 Å². The molecule has 2 rings (SSSR count). The first-order valence-electron chi connectivity index (χ1n) is 7.00. The highest BCUT2D eigenvalue weighted by atomic mass is 32.2. The molecule has 0 saturated carbocycles. The lowest BCUT2D eigenvalue weighted by atomic mass is 10.2. The van der Waals surface area contributed by atoms with Gasteiger partial charge in [-0.1, -0.05) is 48.6 Å². The molecule has 0 spiro atoms. The Labute approximate surface area is 134 Å². The Bertz CT molecular complexity index is 655. The zero-order chi connectivity index (χ0) is 15.8. The Kier molecular flexibility index (Phi) is 6.22. The van der Waals surface area contributed by atoms with Crippen LogP contribution in [0.2, 0.25) is 0 Å². The minimum Gasteiger partial charge on any atom is -0.323 e. The Morgan fingerprint density at radius 3 is 2.73 bits per heavy atom. The number of nitrogens with one attached hydrogen (secondary N) is 1. The first-order valence-corrected chi connectivity index (χ1v) is 8.16. The van der Waals surface area contributed by atoms with E-state index in [1.54, 1.807) is 12.1 Å². The van der Waals surface area contributed by atoms with E-state index in [4.69, 9.17) is 0 Å². The molecule has 114 valence electrons. The molecule has 0 heterocycles. The molecule has 2 aromatic rings. The van der Waals surface area contributed by atoms with Gasteiger partial charge in [0.1, 0.15) is 5.82 Å². The predicted molar refractivity (Wildman–Crippen MR) is 92.6 cm³/mol. The van der Waals surface area contributed by atoms with Gasteiger partial charge in [-0.25, -0.2) is 4.39 Å². The fraction of sp³-hybridized carbons (Fsp3) is 0.167. The minimum absolute atomic E-state index is 0.194. The first-order chi connectivity index (χ1) is 10.6. The molecule has 0 bridgehead atoms. The number of amides is 1. The van der Waals surface area contributed by atoms with Gasteiger partial charge in [0.2, 0.25) is 5.91 Å². The Morgan fingerprint density at radius 1 is 1.23 bits per heavy atom. The van der Waals surface area contributed by atoms with Crippen LogP contribution in [0.3, 0.4) is 0 Å². The largest absolute Gasteiger partial charge is 0.323 e. The van der Waals surface area contributed by atoms with Gasteiger partial charge in [-0.2, -0.15) is 0 Å². The number of hydrogen-bond acceptors (Lipinski definition) is 2. The smallest absolute Gasteiger partial charge is 0.234 e. The molecular weight excluding hydrogens is 297 g/mol. The molecule has 0 aliphatic heterocycles. The van der Waals surface area contributed by atoms with E-state index >= 15 is 0 Å². The molecule has 0 fully saturated rings. The topological polar surface area (TPSA) is 29.1 Å². The number of rotatable bonds is 6. The van der Waals surface area contributed by atoms with Gasteiger partial charge in [-0.05, 0) is 30.2 Å². The Balaban J connectivity index is 1.73. The molecule has 0 aliphatic rings. The van der Waals surface area contributed by atoms with Crippen molar-refractivity contribution in [3.63, 3.8) is 0 Å². The number of hydrogen-bond donors (Lipinski definition) is 1. The third kappa shape index (κ3) is 5.37. The van der Waals surface area contributed by atoms with E-state index in [2.05, 4.69) is 5.32 Å². The molecule has 1 N–H and O–H groups in total. The number of carbonyl (C=O) groups is 1. The molecule has 0 radical (unpaired) electrons. The SMILES string of the molecule is Cc1ccc(NC(=O)CSC/C=C/c2ccccc2)c(F)c1. The monoisotopic (exact) mass is 315 g/mol. The maximum absolute atomic E-state index is 13.6. The molecule has 0 saturated heterocycles. The predicted octanol–water partition coefficient (Wildman–Crippen LogP) is 4.52. The molecule has 2 nitrogen and oxygen atoms in total. The van der Waals surface area contributed by atoms with Gasteiger partial charge in [0.05, 0.1) is 11.4 Å². The van der Waals surface area contributed by atoms with Crippen molar-refractivity contribution in [3.8, 4) is 0 Å². The second-order valence-electron chi connectivity index (χ2n) is 4.86. The van der Waals surface area contributed by atoms with Crippen molar-refractivity contribution in [1.29, 1.82) is 0 Å². The maximum atomic E-state index is 13.6. The maximum Gasteiger partial charge on any atom is 0.234 e. The van der Waals surface area contributed by atoms with E-state index in [-0.39, 0.29) is 11.6 Å². The van der Waals surface area contributed by atoms with Crippen LogP contribution in [0.25, 0.3) is 6.08 Å². The summed E-state index contributed by atoms with van der Waals surface area (Å²) in [4.78, 5) is 11.8. The van der Waals surface area contributed by atoms with Crippen LogP contribution in [0, 0.1) is 12.7 Å². The fourth-order valence-electron chi connectivity index (χ4n) is 1.88. The average molecular weight is 315 g/mol. The van der Waals surface area contributed by atoms with Crippen molar-refractivity contribution >= 4 is 29.4 Å². The summed E-state index contributed by atoms with van der Waals surface area (Å²) in [5.41, 5.74) is 2.20. The quantitative estimate of drug-likeness (QED) is 0.794. The van der Waals surface area contributed by atoms with Crippen LogP contribution in [0.4, 0.5) is 10.1 Å². The summed E-state index contributed by atoms with van der Waals surface area (Å²) in [6.45, 7) is 1.81. The highest BCUT2D eigenvalue weighted by Gasteiger charge is 2.06. The summed E-state index contributed by atoms with van der Waals surface area (Å²) in [5, 5.41) is 2.59. The highest BCUT2D eigenvalue weighted by Crippen LogP contribution is 2.15. The van der Waals surface area contributed by atoms with Crippen LogP contribution in [0.5, 0.6) is 0 Å². The first kappa shape index (κ1) is 16.3. The minimum atomic E-state index is -0.401. The summed E-state index contributed by atoms with van der Waals surface area (Å²) >= 11 is 1.49. The number of halogens is 1. The summed E-state index contributed by atoms with van der Waals surface area (Å²) in [5.74, 6) is 0.439. The van der Waals surface area contributed by atoms with Crippen molar-refractivity contribution in [2.24, 2.45) is 0 Å². The standard InChI is InChI=1S/C18H18FNOS/c1-14-9-10-17(16(19)12-14)20-18(21)13-22-11-5-8-15-6-3-2-4-7-15/h2-10,12H,11,13H2,1H3,(H,20,21)/b8-5+. The van der Waals surface area contributed by atoms with E-state index in [9.17, 15) is 9.18 Å². The second kappa shape index (κ2) is 8.39. The van der Waals surface area contributed by atoms with E-state index in [0.29, 0.717) is 5.75 Å². The molecule has 0 atom stereocenters. The van der Waals surface area contributed by atoms with Crippen LogP contribution >= 0.6 is 11.8 Å². The van der Waals surface area contributed by atoms with Crippen LogP contribution in [0.1, 0.15) is 11.1 Å². The second-order valence-corrected chi connectivity index (χ2v) is 5.89. The number of aryl methyl sites for hydroxylation is 1. The zero-order valence-electron chi connectivity index (χ0n) is 12.4. The lowest BCUT2D eigenvalue weighted by molar-refractivity contribution is -0.113. The summed E-state index contributed by atoms with van der Waals surface area (Å²) in [6.07, 6.45) is 4.03. The van der Waals surface area contributed by atoms with Crippen molar-refractivity contribution in [1.82, 2.24) is 0 Å². The molecule has 4 heteroatoms. The van der Waals surface area contributed by atoms with Gasteiger partial charge in [0, 0.05) is 5.75 Å². The van der Waals surface area contributed by atoms with Crippen molar-refractivity contribution in [3.05, 3.63) is 71.6 Å². The van der Waals surface area contributed by atoms with Crippen LogP contribution in [-0.2, 0) is 4.79 Å². The summed E-state index contributed by atoms with van der Waals surface area (Å²) < 4.78 is 13.6. The molecule has 22 heavy (non-hydrogen) atoms. The van der Waals surface area contributed by atoms with Gasteiger partial charge in [0.25, 0.3) is 0 Å². The van der Waals surface area contributed by atoms with Crippen molar-refractivity contribution < 1.29 is 9.18 Å². The molecule has 2 aromatic carbocycles. The third-order valence-electron chi connectivity index (χ3n) is 2.96. The Hall–Kier alpha value is -2.07. The summed E-state index contributed by atoms with van der Waals surface area (Å²) in [6, 6.07) is 14.7. The van der Waals surface area contributed by atoms with Gasteiger partial charge in [-0.15, -0.1) is 11.8 Å². The summed E-state index contributed by atoms with van der Waals surface area (Å²) in [7, 11) is 0. The van der Waals surface area contributed by atoms with E-state index in [1.807, 2.05) is 49.4 Å². The van der Waals surface area contributed by atoms with Gasteiger partial charge in [-0.3, -0.25) is 4.79 Å². The third-order valence-corrected chi connectivity index (χ3v) is 3.85. The van der Waals surface area contributed by atoms with Gasteiger partial charge >= 0.3 is 0 Å². The highest BCUT2D eigenvalue weighted by molar-refractivity contribution is 8.00. The van der Waals surface area contributed by atoms with Crippen LogP contribution in [-0.4, -0.2) is 17.4 Å². The van der Waals surface area contributed by atoms with E-state index in [0.717, 1.165) is 16.9 Å². The average Bonchev–Trinajstić information content (AvgIpc) is 2.51. The zero-order valence-corrected chi connectivity index (χ0v) is 13.2. The van der Waals surface area contributed by atoms with E-state index < -0.39 is 5.82 Å². The van der Waals surface area contributed by atoms with E-state index in [1.165, 1.54) is 17.8 Å². The molecular formula is C18H18FNOS. The Morgan fingerprint density at radius 2 is 2.00 bits per heavy atom. The van der Waals surface area contributed by atoms with Crippen molar-refractivity contribution in [2.45, 2.75) is 6.92 Å². The molecule has 1 amide bonds. The molecule has 0 aromatic heterocycles. The number of thioether (sulfide) groups is 1. The lowest BCUT2D eigenvalue weighted by Crippen LogP contribution is -2.15.